The molecule has 1 aromatic carbocycles. The highest BCUT2D eigenvalue weighted by Gasteiger charge is 2.20. The van der Waals surface area contributed by atoms with Gasteiger partial charge in [-0.2, -0.15) is 0 Å². The number of aliphatic carboxylic acids is 1. The monoisotopic (exact) mass is 271 g/mol. The Hall–Kier alpha value is -1.49. The lowest BCUT2D eigenvalue weighted by Gasteiger charge is -2.29. The highest BCUT2D eigenvalue weighted by atomic mass is 19.2. The summed E-state index contributed by atoms with van der Waals surface area (Å²) in [6.45, 7) is 6.20. The third-order valence-electron chi connectivity index (χ3n) is 2.91. The van der Waals surface area contributed by atoms with Crippen LogP contribution in [0.1, 0.15) is 32.4 Å². The predicted octanol–water partition coefficient (Wildman–Crippen LogP) is 3.07. The van der Waals surface area contributed by atoms with Crippen LogP contribution in [0.15, 0.2) is 18.2 Å². The Bertz CT molecular complexity index is 449. The van der Waals surface area contributed by atoms with Gasteiger partial charge in [-0.05, 0) is 30.5 Å². The average molecular weight is 271 g/mol. The van der Waals surface area contributed by atoms with Crippen LogP contribution in [0.2, 0.25) is 0 Å². The van der Waals surface area contributed by atoms with Gasteiger partial charge in [0.1, 0.15) is 0 Å². The summed E-state index contributed by atoms with van der Waals surface area (Å²) in [5.74, 6) is -2.46. The predicted molar refractivity (Wildman–Crippen MR) is 68.8 cm³/mol. The quantitative estimate of drug-likeness (QED) is 0.864. The number of hydrogen-bond donors (Lipinski definition) is 1. The van der Waals surface area contributed by atoms with Crippen molar-refractivity contribution in [1.82, 2.24) is 4.90 Å². The minimum absolute atomic E-state index is 0.127. The van der Waals surface area contributed by atoms with Crippen molar-refractivity contribution >= 4 is 5.97 Å². The van der Waals surface area contributed by atoms with Crippen LogP contribution < -0.4 is 0 Å². The third-order valence-corrected chi connectivity index (χ3v) is 2.91. The van der Waals surface area contributed by atoms with Crippen LogP contribution in [0.3, 0.4) is 0 Å². The van der Waals surface area contributed by atoms with Crippen molar-refractivity contribution < 1.29 is 18.7 Å². The van der Waals surface area contributed by atoms with Crippen molar-refractivity contribution in [2.75, 3.05) is 13.1 Å². The first-order chi connectivity index (χ1) is 8.81. The fraction of sp³-hybridized carbons (Fsp3) is 0.500. The van der Waals surface area contributed by atoms with E-state index in [-0.39, 0.29) is 18.5 Å². The number of benzene rings is 1. The molecule has 0 aliphatic rings. The van der Waals surface area contributed by atoms with Crippen LogP contribution >= 0.6 is 0 Å². The largest absolute Gasteiger partial charge is 0.480 e. The van der Waals surface area contributed by atoms with E-state index in [1.165, 1.54) is 6.07 Å². The number of nitrogens with zero attached hydrogens (tertiary/aromatic N) is 1. The maximum Gasteiger partial charge on any atom is 0.317 e. The molecular formula is C14H19F2NO2. The average Bonchev–Trinajstić information content (AvgIpc) is 2.29. The smallest absolute Gasteiger partial charge is 0.317 e. The first-order valence-electron chi connectivity index (χ1n) is 6.22. The molecular weight excluding hydrogens is 252 g/mol. The summed E-state index contributed by atoms with van der Waals surface area (Å²) in [5.41, 5.74) is 0.570. The van der Waals surface area contributed by atoms with E-state index in [1.54, 1.807) is 11.8 Å². The molecule has 0 saturated carbocycles. The summed E-state index contributed by atoms with van der Waals surface area (Å²) in [6.07, 6.45) is 0. The molecule has 1 unspecified atom stereocenters. The summed E-state index contributed by atoms with van der Waals surface area (Å²) in [6, 6.07) is 3.39. The fourth-order valence-electron chi connectivity index (χ4n) is 1.99. The lowest BCUT2D eigenvalue weighted by atomic mass is 10.0. The molecule has 0 amide bonds. The molecule has 3 nitrogen and oxygen atoms in total. The van der Waals surface area contributed by atoms with Crippen LogP contribution in [0.25, 0.3) is 0 Å². The van der Waals surface area contributed by atoms with Gasteiger partial charge in [-0.15, -0.1) is 0 Å². The Kier molecular flexibility index (Phi) is 5.42. The molecule has 0 bridgehead atoms. The zero-order valence-corrected chi connectivity index (χ0v) is 11.4. The van der Waals surface area contributed by atoms with Gasteiger partial charge < -0.3 is 5.11 Å². The van der Waals surface area contributed by atoms with E-state index in [0.29, 0.717) is 12.1 Å². The third kappa shape index (κ3) is 4.59. The zero-order chi connectivity index (χ0) is 14.6. The number of halogens is 2. The molecule has 0 spiro atoms. The molecule has 0 aromatic heterocycles. The highest BCUT2D eigenvalue weighted by molar-refractivity contribution is 5.69. The van der Waals surface area contributed by atoms with Gasteiger partial charge in [0.05, 0.1) is 6.54 Å². The van der Waals surface area contributed by atoms with Crippen LogP contribution in [0, 0.1) is 17.6 Å². The van der Waals surface area contributed by atoms with E-state index >= 15 is 0 Å². The molecule has 1 rings (SSSR count). The zero-order valence-electron chi connectivity index (χ0n) is 11.4. The number of carboxylic acid groups (broad SMARTS) is 1. The SMILES string of the molecule is CC(C)CN(CC(=O)O)C(C)c1ccc(F)c(F)c1. The number of rotatable bonds is 6. The molecule has 0 fully saturated rings. The lowest BCUT2D eigenvalue weighted by Crippen LogP contribution is -2.35. The standard InChI is InChI=1S/C14H19F2NO2/c1-9(2)7-17(8-14(18)19)10(3)11-4-5-12(15)13(16)6-11/h4-6,9-10H,7-8H2,1-3H3,(H,18,19). The molecule has 1 atom stereocenters. The topological polar surface area (TPSA) is 40.5 Å². The Balaban J connectivity index is 2.93. The molecule has 1 aromatic rings. The van der Waals surface area contributed by atoms with Gasteiger partial charge in [0.2, 0.25) is 0 Å². The van der Waals surface area contributed by atoms with Gasteiger partial charge in [-0.1, -0.05) is 19.9 Å². The molecule has 0 heterocycles. The summed E-state index contributed by atoms with van der Waals surface area (Å²) in [7, 11) is 0. The second-order valence-electron chi connectivity index (χ2n) is 5.07. The molecule has 0 saturated heterocycles. The van der Waals surface area contributed by atoms with Gasteiger partial charge in [0.25, 0.3) is 0 Å². The van der Waals surface area contributed by atoms with E-state index in [0.717, 1.165) is 12.1 Å². The Morgan fingerprint density at radius 3 is 2.37 bits per heavy atom. The number of carbonyl (C=O) groups is 1. The van der Waals surface area contributed by atoms with Crippen molar-refractivity contribution in [1.29, 1.82) is 0 Å². The van der Waals surface area contributed by atoms with Crippen LogP contribution in [0.4, 0.5) is 8.78 Å². The van der Waals surface area contributed by atoms with Crippen LogP contribution in [-0.4, -0.2) is 29.1 Å². The minimum atomic E-state index is -0.935. The fourth-order valence-corrected chi connectivity index (χ4v) is 1.99. The molecule has 106 valence electrons. The Labute approximate surface area is 111 Å². The number of hydrogen-bond acceptors (Lipinski definition) is 2. The van der Waals surface area contributed by atoms with Crippen LogP contribution in [-0.2, 0) is 4.79 Å². The summed E-state index contributed by atoms with van der Waals surface area (Å²) in [5, 5.41) is 8.92. The summed E-state index contributed by atoms with van der Waals surface area (Å²) >= 11 is 0. The van der Waals surface area contributed by atoms with E-state index in [9.17, 15) is 13.6 Å². The molecule has 1 N–H and O–H groups in total. The van der Waals surface area contributed by atoms with Crippen LogP contribution in [0.5, 0.6) is 0 Å². The highest BCUT2D eigenvalue weighted by Crippen LogP contribution is 2.22. The summed E-state index contributed by atoms with van der Waals surface area (Å²) in [4.78, 5) is 12.6. The van der Waals surface area contributed by atoms with Crippen molar-refractivity contribution in [3.8, 4) is 0 Å². The Morgan fingerprint density at radius 2 is 1.89 bits per heavy atom. The van der Waals surface area contributed by atoms with Crippen molar-refractivity contribution in [2.24, 2.45) is 5.92 Å². The molecule has 0 radical (unpaired) electrons. The van der Waals surface area contributed by atoms with Gasteiger partial charge >= 0.3 is 5.97 Å². The van der Waals surface area contributed by atoms with Gasteiger partial charge in [-0.25, -0.2) is 8.78 Å². The molecule has 0 aliphatic carbocycles. The number of carboxylic acids is 1. The molecule has 0 aliphatic heterocycles. The lowest BCUT2D eigenvalue weighted by molar-refractivity contribution is -0.139. The maximum absolute atomic E-state index is 13.2. The second kappa shape index (κ2) is 6.61. The molecule has 19 heavy (non-hydrogen) atoms. The van der Waals surface area contributed by atoms with Crippen molar-refractivity contribution in [3.63, 3.8) is 0 Å². The summed E-state index contributed by atoms with van der Waals surface area (Å²) < 4.78 is 26.1. The van der Waals surface area contributed by atoms with E-state index in [2.05, 4.69) is 0 Å². The van der Waals surface area contributed by atoms with E-state index in [4.69, 9.17) is 5.11 Å². The second-order valence-corrected chi connectivity index (χ2v) is 5.07. The van der Waals surface area contributed by atoms with Gasteiger partial charge in [0, 0.05) is 12.6 Å². The van der Waals surface area contributed by atoms with Gasteiger partial charge in [0.15, 0.2) is 11.6 Å². The normalized spacial score (nSPS) is 13.0. The van der Waals surface area contributed by atoms with E-state index in [1.807, 2.05) is 13.8 Å². The first kappa shape index (κ1) is 15.6. The minimum Gasteiger partial charge on any atom is -0.480 e. The van der Waals surface area contributed by atoms with E-state index < -0.39 is 17.6 Å². The Morgan fingerprint density at radius 1 is 1.26 bits per heavy atom. The van der Waals surface area contributed by atoms with Crippen molar-refractivity contribution in [2.45, 2.75) is 26.8 Å². The molecule has 5 heteroatoms. The maximum atomic E-state index is 13.2. The first-order valence-corrected chi connectivity index (χ1v) is 6.22. The van der Waals surface area contributed by atoms with Crippen molar-refractivity contribution in [3.05, 3.63) is 35.4 Å². The van der Waals surface area contributed by atoms with Gasteiger partial charge in [-0.3, -0.25) is 9.69 Å².